The van der Waals surface area contributed by atoms with Crippen LogP contribution in [0, 0.1) is 5.92 Å². The summed E-state index contributed by atoms with van der Waals surface area (Å²) in [4.78, 5) is 16.3. The zero-order valence-corrected chi connectivity index (χ0v) is 15.2. The monoisotopic (exact) mass is 347 g/mol. The van der Waals surface area contributed by atoms with E-state index in [1.54, 1.807) is 6.20 Å². The smallest absolute Gasteiger partial charge is 0.163 e. The van der Waals surface area contributed by atoms with Crippen LogP contribution in [0.3, 0.4) is 0 Å². The molecule has 4 rings (SSSR count). The maximum atomic E-state index is 4.82. The van der Waals surface area contributed by atoms with Crippen LogP contribution in [0.25, 0.3) is 22.3 Å². The highest BCUT2D eigenvalue weighted by Crippen LogP contribution is 2.25. The van der Waals surface area contributed by atoms with E-state index in [4.69, 9.17) is 9.97 Å². The third kappa shape index (κ3) is 3.68. The minimum absolute atomic E-state index is 0.666. The van der Waals surface area contributed by atoms with Gasteiger partial charge in [0.25, 0.3) is 0 Å². The van der Waals surface area contributed by atoms with Crippen molar-refractivity contribution in [3.8, 4) is 11.4 Å². The molecule has 0 aliphatic carbocycles. The second kappa shape index (κ2) is 7.79. The minimum Gasteiger partial charge on any atom is -0.369 e. The lowest BCUT2D eigenvalue weighted by Gasteiger charge is -2.32. The number of nitrogens with zero attached hydrogens (tertiary/aromatic N) is 4. The summed E-state index contributed by atoms with van der Waals surface area (Å²) in [5.41, 5.74) is 1.90. The number of anilines is 1. The topological polar surface area (TPSA) is 53.9 Å². The van der Waals surface area contributed by atoms with Crippen molar-refractivity contribution in [3.05, 3.63) is 48.8 Å². The Morgan fingerprint density at radius 2 is 2.08 bits per heavy atom. The number of aromatic nitrogens is 3. The van der Waals surface area contributed by atoms with Gasteiger partial charge in [0.15, 0.2) is 5.82 Å². The van der Waals surface area contributed by atoms with Gasteiger partial charge in [-0.2, -0.15) is 0 Å². The molecule has 5 heteroatoms. The van der Waals surface area contributed by atoms with Crippen molar-refractivity contribution in [2.45, 2.75) is 19.8 Å². The lowest BCUT2D eigenvalue weighted by atomic mass is 9.98. The van der Waals surface area contributed by atoms with Crippen molar-refractivity contribution in [1.82, 2.24) is 19.9 Å². The molecule has 2 aromatic heterocycles. The molecule has 5 nitrogen and oxygen atoms in total. The molecule has 26 heavy (non-hydrogen) atoms. The third-order valence-electron chi connectivity index (χ3n) is 5.13. The van der Waals surface area contributed by atoms with Gasteiger partial charge in [0, 0.05) is 36.4 Å². The second-order valence-electron chi connectivity index (χ2n) is 6.94. The summed E-state index contributed by atoms with van der Waals surface area (Å²) in [6.45, 7) is 6.73. The molecule has 0 unspecified atom stereocenters. The van der Waals surface area contributed by atoms with Gasteiger partial charge < -0.3 is 10.2 Å². The van der Waals surface area contributed by atoms with Crippen LogP contribution in [0.4, 0.5) is 5.82 Å². The molecule has 3 heterocycles. The molecule has 0 radical (unpaired) electrons. The van der Waals surface area contributed by atoms with Crippen LogP contribution in [0.1, 0.15) is 19.8 Å². The van der Waals surface area contributed by atoms with Gasteiger partial charge in [-0.15, -0.1) is 0 Å². The maximum Gasteiger partial charge on any atom is 0.163 e. The van der Waals surface area contributed by atoms with Gasteiger partial charge in [0.05, 0.1) is 5.52 Å². The molecule has 0 saturated carbocycles. The number of hydrogen-bond donors (Lipinski definition) is 1. The predicted octanol–water partition coefficient (Wildman–Crippen LogP) is 3.84. The first-order chi connectivity index (χ1) is 12.8. The van der Waals surface area contributed by atoms with Crippen molar-refractivity contribution in [1.29, 1.82) is 0 Å². The number of pyridine rings is 1. The molecular weight excluding hydrogens is 322 g/mol. The predicted molar refractivity (Wildman–Crippen MR) is 106 cm³/mol. The first kappa shape index (κ1) is 16.9. The zero-order chi connectivity index (χ0) is 17.8. The van der Waals surface area contributed by atoms with Crippen LogP contribution in [0.5, 0.6) is 0 Å². The summed E-state index contributed by atoms with van der Waals surface area (Å²) in [6, 6.07) is 12.1. The third-order valence-corrected chi connectivity index (χ3v) is 5.13. The molecule has 134 valence electrons. The standard InChI is InChI=1S/C21H25N5/c1-2-26-12-6-7-16(15-26)13-23-21-18-9-3-4-10-19(18)24-20(25-21)17-8-5-11-22-14-17/h3-5,8-11,14,16H,2,6-7,12-13,15H2,1H3,(H,23,24,25)/t16-/m1/s1. The fourth-order valence-electron chi connectivity index (χ4n) is 3.68. The highest BCUT2D eigenvalue weighted by atomic mass is 15.1. The van der Waals surface area contributed by atoms with E-state index in [1.807, 2.05) is 36.5 Å². The molecule has 1 fully saturated rings. The summed E-state index contributed by atoms with van der Waals surface area (Å²) < 4.78 is 0. The molecule has 1 aliphatic heterocycles. The fraction of sp³-hybridized carbons (Fsp3) is 0.381. The largest absolute Gasteiger partial charge is 0.369 e. The average Bonchev–Trinajstić information content (AvgIpc) is 2.72. The molecule has 0 bridgehead atoms. The van der Waals surface area contributed by atoms with Crippen molar-refractivity contribution in [3.63, 3.8) is 0 Å². The number of piperidine rings is 1. The van der Waals surface area contributed by atoms with Gasteiger partial charge in [0.1, 0.15) is 5.82 Å². The van der Waals surface area contributed by atoms with E-state index in [0.29, 0.717) is 5.92 Å². The Labute approximate surface area is 154 Å². The highest BCUT2D eigenvalue weighted by Gasteiger charge is 2.19. The first-order valence-electron chi connectivity index (χ1n) is 9.47. The summed E-state index contributed by atoms with van der Waals surface area (Å²) >= 11 is 0. The lowest BCUT2D eigenvalue weighted by Crippen LogP contribution is -2.37. The van der Waals surface area contributed by atoms with E-state index in [-0.39, 0.29) is 0 Å². The van der Waals surface area contributed by atoms with E-state index in [2.05, 4.69) is 28.2 Å². The van der Waals surface area contributed by atoms with Crippen LogP contribution < -0.4 is 5.32 Å². The van der Waals surface area contributed by atoms with Crippen LogP contribution in [0.15, 0.2) is 48.8 Å². The fourth-order valence-corrected chi connectivity index (χ4v) is 3.68. The number of benzene rings is 1. The second-order valence-corrected chi connectivity index (χ2v) is 6.94. The van der Waals surface area contributed by atoms with Gasteiger partial charge in [-0.05, 0) is 56.1 Å². The van der Waals surface area contributed by atoms with Crippen molar-refractivity contribution < 1.29 is 0 Å². The molecular formula is C21H25N5. The van der Waals surface area contributed by atoms with E-state index in [1.165, 1.54) is 25.9 Å². The molecule has 0 amide bonds. The van der Waals surface area contributed by atoms with Gasteiger partial charge in [0.2, 0.25) is 0 Å². The van der Waals surface area contributed by atoms with Crippen LogP contribution in [-0.4, -0.2) is 46.0 Å². The molecule has 1 N–H and O–H groups in total. The number of fused-ring (bicyclic) bond motifs is 1. The van der Waals surface area contributed by atoms with Crippen molar-refractivity contribution >= 4 is 16.7 Å². The number of rotatable bonds is 5. The summed E-state index contributed by atoms with van der Waals surface area (Å²) in [7, 11) is 0. The zero-order valence-electron chi connectivity index (χ0n) is 15.2. The van der Waals surface area contributed by atoms with E-state index >= 15 is 0 Å². The van der Waals surface area contributed by atoms with E-state index < -0.39 is 0 Å². The van der Waals surface area contributed by atoms with E-state index in [9.17, 15) is 0 Å². The Bertz CT molecular complexity index is 865. The summed E-state index contributed by atoms with van der Waals surface area (Å²) in [6.07, 6.45) is 6.15. The van der Waals surface area contributed by atoms with Crippen LogP contribution >= 0.6 is 0 Å². The first-order valence-corrected chi connectivity index (χ1v) is 9.47. The number of para-hydroxylation sites is 1. The molecule has 3 aromatic rings. The molecule has 0 spiro atoms. The minimum atomic E-state index is 0.666. The molecule has 1 aliphatic rings. The van der Waals surface area contributed by atoms with Gasteiger partial charge in [-0.25, -0.2) is 9.97 Å². The van der Waals surface area contributed by atoms with Gasteiger partial charge in [-0.1, -0.05) is 19.1 Å². The lowest BCUT2D eigenvalue weighted by molar-refractivity contribution is 0.189. The number of likely N-dealkylation sites (tertiary alicyclic amines) is 1. The van der Waals surface area contributed by atoms with Gasteiger partial charge >= 0.3 is 0 Å². The maximum absolute atomic E-state index is 4.82. The highest BCUT2D eigenvalue weighted by molar-refractivity contribution is 5.90. The van der Waals surface area contributed by atoms with Crippen LogP contribution in [0.2, 0.25) is 0 Å². The Hall–Kier alpha value is -2.53. The molecule has 1 aromatic carbocycles. The quantitative estimate of drug-likeness (QED) is 0.760. The number of nitrogens with one attached hydrogen (secondary N) is 1. The summed E-state index contributed by atoms with van der Waals surface area (Å²) in [5, 5.41) is 4.69. The van der Waals surface area contributed by atoms with E-state index in [0.717, 1.165) is 41.2 Å². The van der Waals surface area contributed by atoms with Crippen molar-refractivity contribution in [2.75, 3.05) is 31.5 Å². The SMILES string of the molecule is CCN1CCC[C@H](CNc2nc(-c3cccnc3)nc3ccccc23)C1. The summed E-state index contributed by atoms with van der Waals surface area (Å²) in [5.74, 6) is 2.31. The van der Waals surface area contributed by atoms with Gasteiger partial charge in [-0.3, -0.25) is 4.98 Å². The van der Waals surface area contributed by atoms with Crippen molar-refractivity contribution in [2.24, 2.45) is 5.92 Å². The Balaban J connectivity index is 1.61. The number of hydrogen-bond acceptors (Lipinski definition) is 5. The van der Waals surface area contributed by atoms with Crippen LogP contribution in [-0.2, 0) is 0 Å². The molecule has 1 saturated heterocycles. The molecule has 1 atom stereocenters. The Morgan fingerprint density at radius 1 is 1.15 bits per heavy atom. The Kier molecular flexibility index (Phi) is 5.07. The normalized spacial score (nSPS) is 18.1. The Morgan fingerprint density at radius 3 is 2.92 bits per heavy atom. The average molecular weight is 347 g/mol.